The van der Waals surface area contributed by atoms with Gasteiger partial charge in [-0.3, -0.25) is 10.1 Å². The topological polar surface area (TPSA) is 89.7 Å². The van der Waals surface area contributed by atoms with E-state index in [1.807, 2.05) is 0 Å². The zero-order valence-electron chi connectivity index (χ0n) is 12.6. The first-order valence-corrected chi connectivity index (χ1v) is 8.37. The Kier molecular flexibility index (Phi) is 3.98. The lowest BCUT2D eigenvalue weighted by Gasteiger charge is -2.17. The molecule has 0 aliphatic carbocycles. The van der Waals surface area contributed by atoms with E-state index in [0.717, 1.165) is 10.4 Å². The van der Waals surface area contributed by atoms with Crippen LogP contribution in [0.25, 0.3) is 0 Å². The highest BCUT2D eigenvalue weighted by atomic mass is 32.2. The van der Waals surface area contributed by atoms with Crippen LogP contribution in [-0.4, -0.2) is 24.8 Å². The quantitative estimate of drug-likeness (QED) is 0.623. The molecule has 0 unspecified atom stereocenters. The maximum atomic E-state index is 13.3. The molecule has 0 amide bonds. The van der Waals surface area contributed by atoms with Crippen LogP contribution in [0.5, 0.6) is 5.75 Å². The lowest BCUT2D eigenvalue weighted by molar-refractivity contribution is -0.385. The number of sulfonamides is 1. The van der Waals surface area contributed by atoms with Crippen LogP contribution in [0.1, 0.15) is 11.1 Å². The molecule has 1 heterocycles. The van der Waals surface area contributed by atoms with Gasteiger partial charge in [-0.15, -0.1) is 0 Å². The first-order chi connectivity index (χ1) is 11.3. The molecule has 0 aromatic heterocycles. The van der Waals surface area contributed by atoms with Crippen LogP contribution < -0.4 is 4.74 Å². The third-order valence-electron chi connectivity index (χ3n) is 3.84. The number of halogens is 1. The summed E-state index contributed by atoms with van der Waals surface area (Å²) in [7, 11) is -2.75. The minimum absolute atomic E-state index is 0.00126. The van der Waals surface area contributed by atoms with E-state index < -0.39 is 20.8 Å². The number of methoxy groups -OCH3 is 1. The molecule has 24 heavy (non-hydrogen) atoms. The van der Waals surface area contributed by atoms with Crippen LogP contribution in [-0.2, 0) is 23.1 Å². The van der Waals surface area contributed by atoms with Gasteiger partial charge in [0.2, 0.25) is 10.0 Å². The summed E-state index contributed by atoms with van der Waals surface area (Å²) in [6, 6.07) is 7.47. The van der Waals surface area contributed by atoms with E-state index in [9.17, 15) is 22.9 Å². The Morgan fingerprint density at radius 1 is 1.17 bits per heavy atom. The van der Waals surface area contributed by atoms with Gasteiger partial charge in [-0.25, -0.2) is 12.8 Å². The molecule has 0 N–H and O–H groups in total. The molecule has 2 aromatic carbocycles. The number of fused-ring (bicyclic) bond motifs is 1. The Morgan fingerprint density at radius 2 is 1.88 bits per heavy atom. The average Bonchev–Trinajstić information content (AvgIpc) is 2.98. The second kappa shape index (κ2) is 5.84. The molecule has 7 nitrogen and oxygen atoms in total. The van der Waals surface area contributed by atoms with Crippen LogP contribution in [0.4, 0.5) is 10.1 Å². The monoisotopic (exact) mass is 352 g/mol. The number of ether oxygens (including phenoxy) is 1. The Hall–Kier alpha value is -2.52. The average molecular weight is 352 g/mol. The molecule has 2 aromatic rings. The number of nitro groups is 1. The lowest BCUT2D eigenvalue weighted by atomic mass is 10.1. The summed E-state index contributed by atoms with van der Waals surface area (Å²) in [5.41, 5.74) is 0.921. The van der Waals surface area contributed by atoms with Crippen LogP contribution in [0.3, 0.4) is 0 Å². The summed E-state index contributed by atoms with van der Waals surface area (Å²) < 4.78 is 45.2. The van der Waals surface area contributed by atoms with E-state index in [1.165, 1.54) is 37.4 Å². The van der Waals surface area contributed by atoms with E-state index in [0.29, 0.717) is 11.1 Å². The van der Waals surface area contributed by atoms with Crippen molar-refractivity contribution >= 4 is 15.7 Å². The second-order valence-electron chi connectivity index (χ2n) is 5.28. The summed E-state index contributed by atoms with van der Waals surface area (Å²) in [5.74, 6) is -0.427. The van der Waals surface area contributed by atoms with Gasteiger partial charge in [-0.05, 0) is 29.3 Å². The molecule has 0 atom stereocenters. The molecule has 0 radical (unpaired) electrons. The largest absolute Gasteiger partial charge is 0.495 e. The molecular formula is C15H13FN2O5S. The van der Waals surface area contributed by atoms with E-state index in [2.05, 4.69) is 0 Å². The third kappa shape index (κ3) is 2.72. The molecule has 0 bridgehead atoms. The fourth-order valence-corrected chi connectivity index (χ4v) is 4.19. The number of rotatable bonds is 4. The zero-order chi connectivity index (χ0) is 17.5. The van der Waals surface area contributed by atoms with Gasteiger partial charge >= 0.3 is 0 Å². The Morgan fingerprint density at radius 3 is 2.54 bits per heavy atom. The summed E-state index contributed by atoms with van der Waals surface area (Å²) in [5, 5.41) is 10.9. The smallest absolute Gasteiger partial charge is 0.271 e. The van der Waals surface area contributed by atoms with Gasteiger partial charge in [0.15, 0.2) is 0 Å². The minimum atomic E-state index is -4.04. The number of hydrogen-bond donors (Lipinski definition) is 0. The molecular weight excluding hydrogens is 339 g/mol. The van der Waals surface area contributed by atoms with Crippen molar-refractivity contribution in [3.63, 3.8) is 0 Å². The van der Waals surface area contributed by atoms with Gasteiger partial charge < -0.3 is 4.74 Å². The lowest BCUT2D eigenvalue weighted by Crippen LogP contribution is -2.26. The van der Waals surface area contributed by atoms with Gasteiger partial charge in [0.05, 0.1) is 12.0 Å². The number of benzene rings is 2. The Balaban J connectivity index is 2.03. The summed E-state index contributed by atoms with van der Waals surface area (Å²) in [6.07, 6.45) is 0. The fraction of sp³-hybridized carbons (Fsp3) is 0.200. The molecule has 1 aliphatic heterocycles. The molecule has 0 fully saturated rings. The van der Waals surface area contributed by atoms with Crippen LogP contribution >= 0.6 is 0 Å². The van der Waals surface area contributed by atoms with Crippen molar-refractivity contribution in [3.05, 3.63) is 63.5 Å². The molecule has 3 rings (SSSR count). The fourth-order valence-electron chi connectivity index (χ4n) is 2.62. The number of non-ortho nitro benzene ring substituents is 1. The standard InChI is InChI=1S/C15H13FN2O5S/c1-23-14-5-4-13(18(19)20)7-15(14)24(21,22)17-8-10-2-3-12(16)6-11(10)9-17/h2-7H,8-9H2,1H3. The molecule has 9 heteroatoms. The summed E-state index contributed by atoms with van der Waals surface area (Å²) in [4.78, 5) is 9.97. The van der Waals surface area contributed by atoms with E-state index in [4.69, 9.17) is 4.74 Å². The summed E-state index contributed by atoms with van der Waals surface area (Å²) >= 11 is 0. The van der Waals surface area contributed by atoms with Crippen molar-refractivity contribution < 1.29 is 22.5 Å². The minimum Gasteiger partial charge on any atom is -0.495 e. The predicted octanol–water partition coefficient (Wildman–Crippen LogP) is 2.45. The SMILES string of the molecule is COc1ccc([N+](=O)[O-])cc1S(=O)(=O)N1Cc2ccc(F)cc2C1. The summed E-state index contributed by atoms with van der Waals surface area (Å²) in [6.45, 7) is 0.0745. The predicted molar refractivity (Wildman–Crippen MR) is 82.5 cm³/mol. The highest BCUT2D eigenvalue weighted by Gasteiger charge is 2.34. The van der Waals surface area contributed by atoms with Crippen molar-refractivity contribution in [1.82, 2.24) is 4.31 Å². The van der Waals surface area contributed by atoms with E-state index in [-0.39, 0.29) is 29.4 Å². The van der Waals surface area contributed by atoms with Gasteiger partial charge in [-0.1, -0.05) is 6.07 Å². The second-order valence-corrected chi connectivity index (χ2v) is 7.18. The number of hydrogen-bond acceptors (Lipinski definition) is 5. The first-order valence-electron chi connectivity index (χ1n) is 6.93. The van der Waals surface area contributed by atoms with Crippen LogP contribution in [0, 0.1) is 15.9 Å². The van der Waals surface area contributed by atoms with Crippen LogP contribution in [0.2, 0.25) is 0 Å². The van der Waals surface area contributed by atoms with E-state index >= 15 is 0 Å². The van der Waals surface area contributed by atoms with Gasteiger partial charge in [0.25, 0.3) is 5.69 Å². The Labute approximate surface area is 137 Å². The highest BCUT2D eigenvalue weighted by molar-refractivity contribution is 7.89. The first kappa shape index (κ1) is 16.3. The molecule has 1 aliphatic rings. The molecule has 126 valence electrons. The zero-order valence-corrected chi connectivity index (χ0v) is 13.4. The maximum Gasteiger partial charge on any atom is 0.271 e. The van der Waals surface area contributed by atoms with Crippen molar-refractivity contribution in [2.24, 2.45) is 0 Å². The van der Waals surface area contributed by atoms with Crippen LogP contribution in [0.15, 0.2) is 41.3 Å². The van der Waals surface area contributed by atoms with Crippen molar-refractivity contribution in [1.29, 1.82) is 0 Å². The maximum absolute atomic E-state index is 13.3. The van der Waals surface area contributed by atoms with E-state index in [1.54, 1.807) is 0 Å². The number of nitro benzene ring substituents is 1. The van der Waals surface area contributed by atoms with Gasteiger partial charge in [0.1, 0.15) is 16.5 Å². The van der Waals surface area contributed by atoms with Crippen molar-refractivity contribution in [2.75, 3.05) is 7.11 Å². The van der Waals surface area contributed by atoms with Gasteiger partial charge in [0, 0.05) is 25.2 Å². The Bertz CT molecular complexity index is 929. The van der Waals surface area contributed by atoms with Crippen molar-refractivity contribution in [3.8, 4) is 5.75 Å². The molecule has 0 saturated heterocycles. The molecule has 0 spiro atoms. The van der Waals surface area contributed by atoms with Gasteiger partial charge in [-0.2, -0.15) is 4.31 Å². The molecule has 0 saturated carbocycles. The third-order valence-corrected chi connectivity index (χ3v) is 5.65. The number of nitrogens with zero attached hydrogens (tertiary/aromatic N) is 2. The highest BCUT2D eigenvalue weighted by Crippen LogP contribution is 2.34. The van der Waals surface area contributed by atoms with Crippen molar-refractivity contribution in [2.45, 2.75) is 18.0 Å². The normalized spacial score (nSPS) is 14.4.